The van der Waals surface area contributed by atoms with Crippen LogP contribution >= 0.6 is 0 Å². The summed E-state index contributed by atoms with van der Waals surface area (Å²) in [6, 6.07) is -0.246. The Balaban J connectivity index is 2.10. The SMILES string of the molecule is C=CCCCC1=NC1C(=O)OCC. The minimum atomic E-state index is -0.246. The van der Waals surface area contributed by atoms with E-state index in [-0.39, 0.29) is 12.0 Å². The summed E-state index contributed by atoms with van der Waals surface area (Å²) in [7, 11) is 0. The molecule has 1 unspecified atom stereocenters. The molecule has 13 heavy (non-hydrogen) atoms. The molecule has 0 amide bonds. The van der Waals surface area contributed by atoms with Crippen LogP contribution in [0.3, 0.4) is 0 Å². The number of ether oxygens (including phenoxy) is 1. The van der Waals surface area contributed by atoms with Crippen LogP contribution in [0.1, 0.15) is 26.2 Å². The van der Waals surface area contributed by atoms with Crippen molar-refractivity contribution in [2.75, 3.05) is 6.61 Å². The summed E-state index contributed by atoms with van der Waals surface area (Å²) in [5, 5.41) is 0. The fraction of sp³-hybridized carbons (Fsp3) is 0.600. The zero-order valence-corrected chi connectivity index (χ0v) is 7.95. The maximum Gasteiger partial charge on any atom is 0.336 e. The molecule has 0 fully saturated rings. The third-order valence-corrected chi connectivity index (χ3v) is 1.89. The molecule has 3 heteroatoms. The third-order valence-electron chi connectivity index (χ3n) is 1.89. The number of carbonyl (C=O) groups is 1. The predicted octanol–water partition coefficient (Wildman–Crippen LogP) is 1.73. The van der Waals surface area contributed by atoms with Gasteiger partial charge in [-0.15, -0.1) is 6.58 Å². The van der Waals surface area contributed by atoms with Gasteiger partial charge in [-0.2, -0.15) is 0 Å². The van der Waals surface area contributed by atoms with Crippen LogP contribution in [0.5, 0.6) is 0 Å². The standard InChI is InChI=1S/C10H15NO2/c1-3-5-6-7-8-9(11-8)10(12)13-4-2/h3,9H,1,4-7H2,2H3. The highest BCUT2D eigenvalue weighted by Crippen LogP contribution is 2.18. The highest BCUT2D eigenvalue weighted by Gasteiger charge is 2.35. The second-order valence-electron chi connectivity index (χ2n) is 2.96. The van der Waals surface area contributed by atoms with E-state index >= 15 is 0 Å². The molecule has 0 saturated carbocycles. The normalized spacial score (nSPS) is 19.2. The lowest BCUT2D eigenvalue weighted by atomic mass is 10.1. The van der Waals surface area contributed by atoms with Crippen molar-refractivity contribution in [2.24, 2.45) is 4.99 Å². The lowest BCUT2D eigenvalue weighted by molar-refractivity contribution is -0.142. The minimum Gasteiger partial charge on any atom is -0.464 e. The van der Waals surface area contributed by atoms with E-state index in [2.05, 4.69) is 11.6 Å². The second-order valence-corrected chi connectivity index (χ2v) is 2.96. The lowest BCUT2D eigenvalue weighted by Crippen LogP contribution is -2.16. The van der Waals surface area contributed by atoms with Crippen molar-refractivity contribution in [1.29, 1.82) is 0 Å². The van der Waals surface area contributed by atoms with Gasteiger partial charge in [-0.05, 0) is 26.2 Å². The molecule has 1 aliphatic heterocycles. The van der Waals surface area contributed by atoms with Crippen LogP contribution in [0.4, 0.5) is 0 Å². The number of nitrogens with zero attached hydrogens (tertiary/aromatic N) is 1. The minimum absolute atomic E-state index is 0.198. The van der Waals surface area contributed by atoms with Gasteiger partial charge in [-0.25, -0.2) is 4.79 Å². The predicted molar refractivity (Wildman–Crippen MR) is 51.9 cm³/mol. The summed E-state index contributed by atoms with van der Waals surface area (Å²) in [6.07, 6.45) is 4.78. The average molecular weight is 181 g/mol. The van der Waals surface area contributed by atoms with Crippen LogP contribution in [0, 0.1) is 0 Å². The second kappa shape index (κ2) is 4.80. The molecular formula is C10H15NO2. The first-order valence-electron chi connectivity index (χ1n) is 4.63. The Labute approximate surface area is 78.5 Å². The molecule has 0 radical (unpaired) electrons. The van der Waals surface area contributed by atoms with Gasteiger partial charge in [0.1, 0.15) is 0 Å². The molecule has 0 aliphatic carbocycles. The molecule has 0 N–H and O–H groups in total. The number of unbranched alkanes of at least 4 members (excludes halogenated alkanes) is 1. The first-order chi connectivity index (χ1) is 6.29. The summed E-state index contributed by atoms with van der Waals surface area (Å²) in [5.74, 6) is -0.198. The summed E-state index contributed by atoms with van der Waals surface area (Å²) >= 11 is 0. The van der Waals surface area contributed by atoms with Crippen molar-refractivity contribution >= 4 is 11.7 Å². The Morgan fingerprint density at radius 1 is 1.77 bits per heavy atom. The topological polar surface area (TPSA) is 38.7 Å². The number of allylic oxidation sites excluding steroid dienone is 1. The first-order valence-corrected chi connectivity index (χ1v) is 4.63. The summed E-state index contributed by atoms with van der Waals surface area (Å²) in [4.78, 5) is 15.1. The van der Waals surface area contributed by atoms with Crippen LogP contribution in [0.2, 0.25) is 0 Å². The van der Waals surface area contributed by atoms with Gasteiger partial charge in [0.2, 0.25) is 0 Å². The fourth-order valence-corrected chi connectivity index (χ4v) is 1.17. The van der Waals surface area contributed by atoms with Gasteiger partial charge in [-0.1, -0.05) is 6.08 Å². The van der Waals surface area contributed by atoms with E-state index in [1.165, 1.54) is 0 Å². The molecule has 3 nitrogen and oxygen atoms in total. The fourth-order valence-electron chi connectivity index (χ4n) is 1.17. The molecule has 0 spiro atoms. The van der Waals surface area contributed by atoms with Gasteiger partial charge in [0.25, 0.3) is 0 Å². The number of hydrogen-bond donors (Lipinski definition) is 0. The smallest absolute Gasteiger partial charge is 0.336 e. The summed E-state index contributed by atoms with van der Waals surface area (Å²) in [5.41, 5.74) is 0.986. The van der Waals surface area contributed by atoms with E-state index in [0.29, 0.717) is 6.61 Å². The van der Waals surface area contributed by atoms with Gasteiger partial charge in [0.05, 0.1) is 6.61 Å². The van der Waals surface area contributed by atoms with E-state index < -0.39 is 0 Å². The Kier molecular flexibility index (Phi) is 3.68. The monoisotopic (exact) mass is 181 g/mol. The molecule has 0 bridgehead atoms. The zero-order valence-electron chi connectivity index (χ0n) is 7.95. The highest BCUT2D eigenvalue weighted by molar-refractivity contribution is 6.16. The van der Waals surface area contributed by atoms with E-state index in [1.54, 1.807) is 6.92 Å². The van der Waals surface area contributed by atoms with E-state index in [0.717, 1.165) is 25.0 Å². The maximum absolute atomic E-state index is 11.1. The van der Waals surface area contributed by atoms with Crippen LogP contribution < -0.4 is 0 Å². The molecule has 1 rings (SSSR count). The molecule has 1 atom stereocenters. The van der Waals surface area contributed by atoms with Crippen molar-refractivity contribution in [3.63, 3.8) is 0 Å². The van der Waals surface area contributed by atoms with Gasteiger partial charge >= 0.3 is 5.97 Å². The van der Waals surface area contributed by atoms with Crippen LogP contribution in [-0.4, -0.2) is 24.3 Å². The molecule has 1 aliphatic rings. The van der Waals surface area contributed by atoms with Crippen LogP contribution in [0.15, 0.2) is 17.6 Å². The largest absolute Gasteiger partial charge is 0.464 e. The Morgan fingerprint density at radius 2 is 2.54 bits per heavy atom. The van der Waals surface area contributed by atoms with E-state index in [1.807, 2.05) is 6.08 Å². The van der Waals surface area contributed by atoms with Crippen molar-refractivity contribution in [3.8, 4) is 0 Å². The Hall–Kier alpha value is -1.12. The molecule has 0 saturated heterocycles. The molecule has 0 aromatic rings. The van der Waals surface area contributed by atoms with Crippen molar-refractivity contribution in [3.05, 3.63) is 12.7 Å². The average Bonchev–Trinajstić information content (AvgIpc) is 2.85. The molecule has 0 aromatic heterocycles. The Morgan fingerprint density at radius 3 is 3.15 bits per heavy atom. The van der Waals surface area contributed by atoms with Gasteiger partial charge in [0.15, 0.2) is 6.04 Å². The number of carbonyl (C=O) groups excluding carboxylic acids is 1. The van der Waals surface area contributed by atoms with Gasteiger partial charge in [0, 0.05) is 5.71 Å². The Bertz CT molecular complexity index is 233. The summed E-state index contributed by atoms with van der Waals surface area (Å²) < 4.78 is 4.83. The highest BCUT2D eigenvalue weighted by atomic mass is 16.5. The van der Waals surface area contributed by atoms with Crippen molar-refractivity contribution < 1.29 is 9.53 Å². The molecule has 1 heterocycles. The summed E-state index contributed by atoms with van der Waals surface area (Å²) in [6.45, 7) is 5.87. The number of rotatable bonds is 6. The van der Waals surface area contributed by atoms with Crippen LogP contribution in [0.25, 0.3) is 0 Å². The zero-order chi connectivity index (χ0) is 9.68. The third kappa shape index (κ3) is 3.01. The molecule has 0 aromatic carbocycles. The van der Waals surface area contributed by atoms with Gasteiger partial charge < -0.3 is 4.74 Å². The lowest BCUT2D eigenvalue weighted by Gasteiger charge is -1.97. The molecule has 72 valence electrons. The number of esters is 1. The van der Waals surface area contributed by atoms with Crippen molar-refractivity contribution in [1.82, 2.24) is 0 Å². The quantitative estimate of drug-likeness (QED) is 0.355. The van der Waals surface area contributed by atoms with Crippen LogP contribution in [-0.2, 0) is 9.53 Å². The van der Waals surface area contributed by atoms with E-state index in [4.69, 9.17) is 4.74 Å². The van der Waals surface area contributed by atoms with Gasteiger partial charge in [-0.3, -0.25) is 4.99 Å². The maximum atomic E-state index is 11.1. The number of hydrogen-bond acceptors (Lipinski definition) is 3. The molecular weight excluding hydrogens is 166 g/mol. The van der Waals surface area contributed by atoms with E-state index in [9.17, 15) is 4.79 Å². The first kappa shape index (κ1) is 9.96. The van der Waals surface area contributed by atoms with Crippen molar-refractivity contribution in [2.45, 2.75) is 32.2 Å². The number of aliphatic imine (C=N–C) groups is 1.